The lowest BCUT2D eigenvalue weighted by atomic mass is 10.1. The van der Waals surface area contributed by atoms with Crippen LogP contribution in [0.3, 0.4) is 0 Å². The Labute approximate surface area is 128 Å². The molecule has 2 heterocycles. The van der Waals surface area contributed by atoms with Crippen molar-refractivity contribution in [1.82, 2.24) is 9.13 Å². The van der Waals surface area contributed by atoms with Gasteiger partial charge in [-0.15, -0.1) is 11.3 Å². The van der Waals surface area contributed by atoms with Crippen molar-refractivity contribution >= 4 is 49.0 Å². The van der Waals surface area contributed by atoms with E-state index in [2.05, 4.69) is 31.9 Å². The molecule has 0 aliphatic heterocycles. The Bertz CT molecular complexity index is 788. The zero-order valence-electron chi connectivity index (χ0n) is 9.94. The van der Waals surface area contributed by atoms with Crippen molar-refractivity contribution in [2.75, 3.05) is 0 Å². The third-order valence-electron chi connectivity index (χ3n) is 2.59. The Hall–Kier alpha value is -0.990. The number of thiophene rings is 1. The van der Waals surface area contributed by atoms with Crippen molar-refractivity contribution in [3.8, 4) is 0 Å². The molecule has 0 atom stereocenters. The van der Waals surface area contributed by atoms with Gasteiger partial charge in [-0.25, -0.2) is 4.79 Å². The largest absolute Gasteiger partial charge is 0.330 e. The van der Waals surface area contributed by atoms with Crippen LogP contribution in [0.15, 0.2) is 29.4 Å². The van der Waals surface area contributed by atoms with Gasteiger partial charge >= 0.3 is 5.69 Å². The van der Waals surface area contributed by atoms with Crippen molar-refractivity contribution in [2.45, 2.75) is 0 Å². The minimum absolute atomic E-state index is 0.0319. The highest BCUT2D eigenvalue weighted by molar-refractivity contribution is 9.12. The smallest absolute Gasteiger partial charge is 0.303 e. The number of aryl methyl sites for hydroxylation is 1. The Morgan fingerprint density at radius 1 is 1.21 bits per heavy atom. The van der Waals surface area contributed by atoms with Gasteiger partial charge in [0.25, 0.3) is 5.56 Å². The molecule has 0 fully saturated rings. The summed E-state index contributed by atoms with van der Waals surface area (Å²) in [5.41, 5.74) is -0.697. The molecule has 0 unspecified atom stereocenters. The molecule has 2 aromatic heterocycles. The average Bonchev–Trinajstić information content (AvgIpc) is 2.69. The molecule has 100 valence electrons. The average molecular weight is 408 g/mol. The maximum Gasteiger partial charge on any atom is 0.330 e. The number of carbonyl (C=O) groups excluding carboxylic acids is 1. The highest BCUT2D eigenvalue weighted by Gasteiger charge is 2.20. The Kier molecular flexibility index (Phi) is 3.93. The van der Waals surface area contributed by atoms with Crippen LogP contribution in [0.2, 0.25) is 0 Å². The summed E-state index contributed by atoms with van der Waals surface area (Å²) in [5, 5.41) is 0. The molecule has 0 saturated heterocycles. The molecular weight excluding hydrogens is 400 g/mol. The Morgan fingerprint density at radius 3 is 2.37 bits per heavy atom. The quantitative estimate of drug-likeness (QED) is 0.714. The standard InChI is InChI=1S/C11H8Br2N2O3S/c1-14-4-6(10(17)15(2)11(14)18)8(16)5-3-7(12)19-9(5)13/h3-4H,1-2H3. The lowest BCUT2D eigenvalue weighted by Gasteiger charge is -2.05. The van der Waals surface area contributed by atoms with Gasteiger partial charge < -0.3 is 4.57 Å². The Balaban J connectivity index is 2.67. The molecule has 0 saturated carbocycles. The second kappa shape index (κ2) is 5.18. The summed E-state index contributed by atoms with van der Waals surface area (Å²) < 4.78 is 3.55. The van der Waals surface area contributed by atoms with Crippen molar-refractivity contribution in [1.29, 1.82) is 0 Å². The fourth-order valence-corrected chi connectivity index (χ4v) is 4.40. The van der Waals surface area contributed by atoms with E-state index in [0.717, 1.165) is 8.35 Å². The fraction of sp³-hybridized carbons (Fsp3) is 0.182. The summed E-state index contributed by atoms with van der Waals surface area (Å²) in [6.45, 7) is 0. The van der Waals surface area contributed by atoms with Crippen LogP contribution in [-0.2, 0) is 14.1 Å². The molecule has 0 radical (unpaired) electrons. The zero-order chi connectivity index (χ0) is 14.3. The second-order valence-corrected chi connectivity index (χ2v) is 7.62. The van der Waals surface area contributed by atoms with E-state index in [1.807, 2.05) is 0 Å². The van der Waals surface area contributed by atoms with E-state index in [0.29, 0.717) is 9.35 Å². The number of carbonyl (C=O) groups is 1. The lowest BCUT2D eigenvalue weighted by molar-refractivity contribution is 0.103. The molecule has 8 heteroatoms. The van der Waals surface area contributed by atoms with Crippen LogP contribution in [0, 0.1) is 0 Å². The first-order valence-electron chi connectivity index (χ1n) is 5.09. The molecule has 0 spiro atoms. The van der Waals surface area contributed by atoms with Gasteiger partial charge in [0.15, 0.2) is 0 Å². The fourth-order valence-electron chi connectivity index (χ4n) is 1.60. The van der Waals surface area contributed by atoms with Crippen LogP contribution in [0.1, 0.15) is 15.9 Å². The number of hydrogen-bond donors (Lipinski definition) is 0. The molecule has 0 aromatic carbocycles. The van der Waals surface area contributed by atoms with Gasteiger partial charge in [0.2, 0.25) is 5.78 Å². The predicted molar refractivity (Wildman–Crippen MR) is 80.1 cm³/mol. The van der Waals surface area contributed by atoms with Gasteiger partial charge in [0.1, 0.15) is 5.56 Å². The first kappa shape index (κ1) is 14.4. The highest BCUT2D eigenvalue weighted by atomic mass is 79.9. The molecule has 5 nitrogen and oxygen atoms in total. The van der Waals surface area contributed by atoms with Crippen LogP contribution >= 0.6 is 43.2 Å². The molecule has 0 bridgehead atoms. The molecule has 2 rings (SSSR count). The first-order chi connectivity index (χ1) is 8.82. The SMILES string of the molecule is Cn1cc(C(=O)c2cc(Br)sc2Br)c(=O)n(C)c1=O. The number of nitrogens with zero attached hydrogens (tertiary/aromatic N) is 2. The summed E-state index contributed by atoms with van der Waals surface area (Å²) in [7, 11) is 2.84. The third kappa shape index (κ3) is 2.52. The first-order valence-corrected chi connectivity index (χ1v) is 7.49. The van der Waals surface area contributed by atoms with Crippen molar-refractivity contribution in [3.63, 3.8) is 0 Å². The molecule has 0 aliphatic rings. The number of halogens is 2. The second-order valence-electron chi connectivity index (χ2n) is 3.87. The van der Waals surface area contributed by atoms with E-state index in [1.165, 1.54) is 36.2 Å². The molecule has 0 amide bonds. The number of ketones is 1. The van der Waals surface area contributed by atoms with Crippen LogP contribution < -0.4 is 11.2 Å². The van der Waals surface area contributed by atoms with E-state index >= 15 is 0 Å². The maximum absolute atomic E-state index is 12.3. The van der Waals surface area contributed by atoms with Gasteiger partial charge in [0.05, 0.1) is 7.57 Å². The van der Waals surface area contributed by atoms with E-state index in [9.17, 15) is 14.4 Å². The van der Waals surface area contributed by atoms with Gasteiger partial charge in [-0.1, -0.05) is 0 Å². The summed E-state index contributed by atoms with van der Waals surface area (Å²) >= 11 is 7.91. The summed E-state index contributed by atoms with van der Waals surface area (Å²) in [6, 6.07) is 1.64. The molecular formula is C11H8Br2N2O3S. The summed E-state index contributed by atoms with van der Waals surface area (Å²) in [5.74, 6) is -0.412. The van der Waals surface area contributed by atoms with Crippen LogP contribution in [0.5, 0.6) is 0 Å². The molecule has 2 aromatic rings. The van der Waals surface area contributed by atoms with Gasteiger partial charge in [0, 0.05) is 25.9 Å². The Morgan fingerprint density at radius 2 is 1.84 bits per heavy atom. The van der Waals surface area contributed by atoms with E-state index in [-0.39, 0.29) is 5.56 Å². The number of rotatable bonds is 2. The molecule has 0 N–H and O–H groups in total. The minimum Gasteiger partial charge on any atom is -0.303 e. The summed E-state index contributed by atoms with van der Waals surface area (Å²) in [4.78, 5) is 35.9. The van der Waals surface area contributed by atoms with Gasteiger partial charge in [-0.2, -0.15) is 0 Å². The van der Waals surface area contributed by atoms with Crippen LogP contribution in [0.4, 0.5) is 0 Å². The van der Waals surface area contributed by atoms with E-state index in [1.54, 1.807) is 6.07 Å². The predicted octanol–water partition coefficient (Wildman–Crippen LogP) is 1.90. The summed E-state index contributed by atoms with van der Waals surface area (Å²) in [6.07, 6.45) is 1.27. The lowest BCUT2D eigenvalue weighted by Crippen LogP contribution is -2.39. The van der Waals surface area contributed by atoms with E-state index < -0.39 is 17.0 Å². The number of hydrogen-bond acceptors (Lipinski definition) is 4. The molecule has 19 heavy (non-hydrogen) atoms. The van der Waals surface area contributed by atoms with Crippen molar-refractivity contribution < 1.29 is 4.79 Å². The van der Waals surface area contributed by atoms with Crippen LogP contribution in [-0.4, -0.2) is 14.9 Å². The monoisotopic (exact) mass is 406 g/mol. The minimum atomic E-state index is -0.595. The van der Waals surface area contributed by atoms with Crippen LogP contribution in [0.25, 0.3) is 0 Å². The van der Waals surface area contributed by atoms with Crippen molar-refractivity contribution in [2.24, 2.45) is 14.1 Å². The zero-order valence-corrected chi connectivity index (χ0v) is 13.9. The topological polar surface area (TPSA) is 61.1 Å². The maximum atomic E-state index is 12.3. The van der Waals surface area contributed by atoms with Gasteiger partial charge in [-0.3, -0.25) is 14.2 Å². The third-order valence-corrected chi connectivity index (χ3v) is 4.93. The van der Waals surface area contributed by atoms with Gasteiger partial charge in [-0.05, 0) is 37.9 Å². The number of aromatic nitrogens is 2. The molecule has 0 aliphatic carbocycles. The normalized spacial score (nSPS) is 10.7. The van der Waals surface area contributed by atoms with Crippen molar-refractivity contribution in [3.05, 3.63) is 51.8 Å². The highest BCUT2D eigenvalue weighted by Crippen LogP contribution is 2.32. The van der Waals surface area contributed by atoms with E-state index in [4.69, 9.17) is 0 Å².